The van der Waals surface area contributed by atoms with E-state index in [9.17, 15) is 16.8 Å². The first kappa shape index (κ1) is 17.9. The first-order valence-corrected chi connectivity index (χ1v) is 11.5. The molecule has 0 aliphatic heterocycles. The second-order valence-electron chi connectivity index (χ2n) is 5.50. The van der Waals surface area contributed by atoms with Crippen LogP contribution in [0.4, 0.5) is 0 Å². The minimum Gasteiger partial charge on any atom is -0.212 e. The molecule has 2 rings (SSSR count). The van der Waals surface area contributed by atoms with Crippen LogP contribution in [0.25, 0.3) is 0 Å². The molecule has 0 radical (unpaired) electrons. The van der Waals surface area contributed by atoms with Crippen LogP contribution in [0.15, 0.2) is 21.7 Å². The normalized spacial score (nSPS) is 17.9. The topological polar surface area (TPSA) is 83.6 Å². The Balaban J connectivity index is 1.97. The Morgan fingerprint density at radius 1 is 1.23 bits per heavy atom. The van der Waals surface area contributed by atoms with Gasteiger partial charge in [0.2, 0.25) is 20.0 Å². The summed E-state index contributed by atoms with van der Waals surface area (Å²) in [5, 5.41) is 1.69. The van der Waals surface area contributed by atoms with E-state index < -0.39 is 20.0 Å². The van der Waals surface area contributed by atoms with Gasteiger partial charge in [0.05, 0.1) is 6.26 Å². The van der Waals surface area contributed by atoms with Gasteiger partial charge in [-0.25, -0.2) is 21.6 Å². The molecule has 1 aromatic heterocycles. The van der Waals surface area contributed by atoms with E-state index in [1.807, 2.05) is 0 Å². The lowest BCUT2D eigenvalue weighted by atomic mass is 9.95. The molecule has 6 nitrogen and oxygen atoms in total. The summed E-state index contributed by atoms with van der Waals surface area (Å²) in [4.78, 5) is 0. The molecule has 1 fully saturated rings. The highest BCUT2D eigenvalue weighted by atomic mass is 32.2. The molecule has 1 aliphatic rings. The Labute approximate surface area is 136 Å². The van der Waals surface area contributed by atoms with Crippen molar-refractivity contribution in [1.82, 2.24) is 9.03 Å². The predicted molar refractivity (Wildman–Crippen MR) is 87.9 cm³/mol. The van der Waals surface area contributed by atoms with Gasteiger partial charge in [0.1, 0.15) is 4.21 Å². The molecule has 0 unspecified atom stereocenters. The number of sulfonamides is 2. The van der Waals surface area contributed by atoms with Crippen LogP contribution in [0.1, 0.15) is 32.1 Å². The van der Waals surface area contributed by atoms with Crippen LogP contribution in [-0.4, -0.2) is 46.5 Å². The Morgan fingerprint density at radius 3 is 2.45 bits per heavy atom. The van der Waals surface area contributed by atoms with Crippen molar-refractivity contribution in [1.29, 1.82) is 0 Å². The largest absolute Gasteiger partial charge is 0.250 e. The first-order valence-electron chi connectivity index (χ1n) is 7.31. The summed E-state index contributed by atoms with van der Waals surface area (Å²) in [6.07, 6.45) is 6.08. The Hall–Kier alpha value is -0.480. The first-order chi connectivity index (χ1) is 10.3. The monoisotopic (exact) mass is 366 g/mol. The van der Waals surface area contributed by atoms with Crippen LogP contribution in [0.5, 0.6) is 0 Å². The highest BCUT2D eigenvalue weighted by molar-refractivity contribution is 7.91. The zero-order valence-electron chi connectivity index (χ0n) is 12.6. The molecule has 0 amide bonds. The van der Waals surface area contributed by atoms with Gasteiger partial charge in [-0.15, -0.1) is 11.3 Å². The number of nitrogens with zero attached hydrogens (tertiary/aromatic N) is 1. The third-order valence-corrected chi connectivity index (χ3v) is 7.98. The third kappa shape index (κ3) is 4.76. The van der Waals surface area contributed by atoms with E-state index in [0.29, 0.717) is 0 Å². The van der Waals surface area contributed by atoms with Crippen LogP contribution in [0, 0.1) is 0 Å². The van der Waals surface area contributed by atoms with Gasteiger partial charge in [-0.3, -0.25) is 0 Å². The highest BCUT2D eigenvalue weighted by Crippen LogP contribution is 2.24. The third-order valence-electron chi connectivity index (χ3n) is 3.79. The van der Waals surface area contributed by atoms with Gasteiger partial charge in [0.25, 0.3) is 0 Å². The predicted octanol–water partition coefficient (Wildman–Crippen LogP) is 1.62. The smallest absolute Gasteiger partial charge is 0.212 e. The van der Waals surface area contributed by atoms with Crippen molar-refractivity contribution in [2.75, 3.05) is 19.3 Å². The van der Waals surface area contributed by atoms with Crippen molar-refractivity contribution in [2.45, 2.75) is 42.4 Å². The Kier molecular flexibility index (Phi) is 6.00. The van der Waals surface area contributed by atoms with Crippen molar-refractivity contribution in [3.8, 4) is 0 Å². The molecule has 22 heavy (non-hydrogen) atoms. The molecule has 1 aliphatic carbocycles. The van der Waals surface area contributed by atoms with Gasteiger partial charge in [0, 0.05) is 19.1 Å². The van der Waals surface area contributed by atoms with Crippen molar-refractivity contribution in [3.63, 3.8) is 0 Å². The van der Waals surface area contributed by atoms with Gasteiger partial charge >= 0.3 is 0 Å². The lowest BCUT2D eigenvalue weighted by Gasteiger charge is -2.32. The number of hydrogen-bond acceptors (Lipinski definition) is 5. The fourth-order valence-electron chi connectivity index (χ4n) is 2.77. The second kappa shape index (κ2) is 7.39. The highest BCUT2D eigenvalue weighted by Gasteiger charge is 2.28. The fourth-order valence-corrected chi connectivity index (χ4v) is 6.00. The molecule has 1 saturated carbocycles. The molecular weight excluding hydrogens is 344 g/mol. The maximum absolute atomic E-state index is 12.0. The summed E-state index contributed by atoms with van der Waals surface area (Å²) in [6.45, 7) is 0.262. The number of nitrogens with one attached hydrogen (secondary N) is 1. The zero-order valence-corrected chi connectivity index (χ0v) is 15.0. The summed E-state index contributed by atoms with van der Waals surface area (Å²) >= 11 is 1.14. The molecule has 0 bridgehead atoms. The summed E-state index contributed by atoms with van der Waals surface area (Å²) < 4.78 is 52.2. The van der Waals surface area contributed by atoms with Crippen LogP contribution in [0.3, 0.4) is 0 Å². The molecule has 9 heteroatoms. The van der Waals surface area contributed by atoms with E-state index in [-0.39, 0.29) is 23.3 Å². The summed E-state index contributed by atoms with van der Waals surface area (Å²) in [5.41, 5.74) is 0. The van der Waals surface area contributed by atoms with Gasteiger partial charge in [-0.1, -0.05) is 25.3 Å². The van der Waals surface area contributed by atoms with Crippen LogP contribution in [-0.2, 0) is 20.0 Å². The van der Waals surface area contributed by atoms with E-state index in [1.165, 1.54) is 16.6 Å². The number of rotatable bonds is 7. The number of hydrogen-bond donors (Lipinski definition) is 1. The minimum atomic E-state index is -3.54. The van der Waals surface area contributed by atoms with Crippen molar-refractivity contribution in [2.24, 2.45) is 0 Å². The molecule has 0 atom stereocenters. The van der Waals surface area contributed by atoms with Crippen LogP contribution < -0.4 is 4.72 Å². The SMILES string of the molecule is CS(=O)(=O)N(CCNS(=O)(=O)c1cccs1)C1CCCCC1. The minimum absolute atomic E-state index is 0.00464. The molecule has 1 heterocycles. The summed E-state index contributed by atoms with van der Waals surface area (Å²) in [7, 11) is -6.88. The molecule has 0 spiro atoms. The Bertz CT molecular complexity index is 662. The van der Waals surface area contributed by atoms with E-state index in [2.05, 4.69) is 4.72 Å². The lowest BCUT2D eigenvalue weighted by Crippen LogP contribution is -2.44. The van der Waals surface area contributed by atoms with Gasteiger partial charge in [-0.05, 0) is 24.3 Å². The van der Waals surface area contributed by atoms with Crippen molar-refractivity contribution < 1.29 is 16.8 Å². The average molecular weight is 367 g/mol. The molecule has 0 saturated heterocycles. The van der Waals surface area contributed by atoms with E-state index in [0.717, 1.165) is 43.4 Å². The van der Waals surface area contributed by atoms with E-state index in [1.54, 1.807) is 11.4 Å². The van der Waals surface area contributed by atoms with Gasteiger partial charge < -0.3 is 0 Å². The lowest BCUT2D eigenvalue weighted by molar-refractivity contribution is 0.257. The molecule has 0 aromatic carbocycles. The molecule has 1 N–H and O–H groups in total. The van der Waals surface area contributed by atoms with Crippen molar-refractivity contribution >= 4 is 31.4 Å². The van der Waals surface area contributed by atoms with Crippen molar-refractivity contribution in [3.05, 3.63) is 17.5 Å². The molecule has 1 aromatic rings. The summed E-state index contributed by atoms with van der Waals surface area (Å²) in [5.74, 6) is 0. The maximum Gasteiger partial charge on any atom is 0.250 e. The molecule has 126 valence electrons. The molecular formula is C13H22N2O4S3. The maximum atomic E-state index is 12.0. The van der Waals surface area contributed by atoms with Gasteiger partial charge in [-0.2, -0.15) is 4.31 Å². The second-order valence-corrected chi connectivity index (χ2v) is 10.4. The van der Waals surface area contributed by atoms with Crippen LogP contribution >= 0.6 is 11.3 Å². The standard InChI is InChI=1S/C13H22N2O4S3/c1-21(16,17)15(12-6-3-2-4-7-12)10-9-14-22(18,19)13-8-5-11-20-13/h5,8,11-12,14H,2-4,6-7,9-10H2,1H3. The van der Waals surface area contributed by atoms with E-state index in [4.69, 9.17) is 0 Å². The summed E-state index contributed by atoms with van der Waals surface area (Å²) in [6, 6.07) is 3.20. The Morgan fingerprint density at radius 2 is 1.91 bits per heavy atom. The number of thiophene rings is 1. The average Bonchev–Trinajstić information content (AvgIpc) is 2.98. The van der Waals surface area contributed by atoms with Crippen LogP contribution in [0.2, 0.25) is 0 Å². The van der Waals surface area contributed by atoms with Gasteiger partial charge in [0.15, 0.2) is 0 Å². The zero-order chi connectivity index (χ0) is 16.2. The fraction of sp³-hybridized carbons (Fsp3) is 0.692. The van der Waals surface area contributed by atoms with E-state index >= 15 is 0 Å². The quantitative estimate of drug-likeness (QED) is 0.795.